The number of carbonyl (C=O) groups is 1. The van der Waals surface area contributed by atoms with Crippen LogP contribution in [0.1, 0.15) is 51.0 Å². The van der Waals surface area contributed by atoms with Gasteiger partial charge < -0.3 is 9.67 Å². The minimum atomic E-state index is -1.03. The Morgan fingerprint density at radius 3 is 1.93 bits per heavy atom. The number of carbonyl (C=O) groups excluding carboxylic acids is 1. The first kappa shape index (κ1) is 25.2. The van der Waals surface area contributed by atoms with Gasteiger partial charge in [-0.15, -0.1) is 0 Å². The molecule has 1 aliphatic heterocycles. The van der Waals surface area contributed by atoms with Gasteiger partial charge in [0.05, 0.1) is 23.5 Å². The Hall–Kier alpha value is -4.74. The SMILES string of the molecule is Cc1c2n(c3ccccc13)C(=O)C(C(O)c1cn(C(c3ccccc3)(c3ccccc3)c3ccccc3)cn1)CC2. The number of aliphatic hydroxyl groups excluding tert-OH is 1. The van der Waals surface area contributed by atoms with Crippen molar-refractivity contribution in [3.63, 3.8) is 0 Å². The molecule has 3 heterocycles. The van der Waals surface area contributed by atoms with E-state index in [-0.39, 0.29) is 5.91 Å². The Labute approximate surface area is 239 Å². The van der Waals surface area contributed by atoms with Gasteiger partial charge in [-0.2, -0.15) is 0 Å². The van der Waals surface area contributed by atoms with E-state index < -0.39 is 17.6 Å². The molecule has 5 heteroatoms. The maximum absolute atomic E-state index is 13.9. The lowest BCUT2D eigenvalue weighted by molar-refractivity contribution is 0.0531. The summed E-state index contributed by atoms with van der Waals surface area (Å²) in [5.74, 6) is -0.654. The van der Waals surface area contributed by atoms with E-state index in [9.17, 15) is 9.90 Å². The molecule has 5 nitrogen and oxygen atoms in total. The summed E-state index contributed by atoms with van der Waals surface area (Å²) in [5, 5.41) is 12.8. The van der Waals surface area contributed by atoms with Gasteiger partial charge >= 0.3 is 0 Å². The maximum atomic E-state index is 13.9. The Morgan fingerprint density at radius 2 is 1.34 bits per heavy atom. The lowest BCUT2D eigenvalue weighted by Crippen LogP contribution is -2.37. The zero-order chi connectivity index (χ0) is 28.0. The van der Waals surface area contributed by atoms with Crippen molar-refractivity contribution in [2.75, 3.05) is 0 Å². The zero-order valence-corrected chi connectivity index (χ0v) is 22.9. The topological polar surface area (TPSA) is 60.1 Å². The highest BCUT2D eigenvalue weighted by atomic mass is 16.3. The normalized spacial score (nSPS) is 16.0. The predicted octanol–water partition coefficient (Wildman–Crippen LogP) is 6.92. The third kappa shape index (κ3) is 3.88. The van der Waals surface area contributed by atoms with Crippen LogP contribution in [0.3, 0.4) is 0 Å². The summed E-state index contributed by atoms with van der Waals surface area (Å²) in [6.45, 7) is 2.08. The smallest absolute Gasteiger partial charge is 0.237 e. The molecule has 0 saturated carbocycles. The van der Waals surface area contributed by atoms with E-state index in [1.807, 2.05) is 83.6 Å². The van der Waals surface area contributed by atoms with Gasteiger partial charge in [-0.3, -0.25) is 9.36 Å². The van der Waals surface area contributed by atoms with Gasteiger partial charge in [-0.25, -0.2) is 4.98 Å². The Bertz CT molecular complexity index is 1740. The van der Waals surface area contributed by atoms with Crippen LogP contribution >= 0.6 is 0 Å². The second-order valence-electron chi connectivity index (χ2n) is 10.9. The Morgan fingerprint density at radius 1 is 0.805 bits per heavy atom. The number of aromatic nitrogens is 3. The van der Waals surface area contributed by atoms with Crippen LogP contribution in [0.25, 0.3) is 10.9 Å². The molecule has 0 amide bonds. The van der Waals surface area contributed by atoms with Gasteiger partial charge in [0.25, 0.3) is 0 Å². The summed E-state index contributed by atoms with van der Waals surface area (Å²) < 4.78 is 3.90. The van der Waals surface area contributed by atoms with Crippen LogP contribution in [0.4, 0.5) is 0 Å². The average Bonchev–Trinajstić information content (AvgIpc) is 3.63. The summed E-state index contributed by atoms with van der Waals surface area (Å²) in [5.41, 5.74) is 6.07. The number of fused-ring (bicyclic) bond motifs is 3. The summed E-state index contributed by atoms with van der Waals surface area (Å²) in [6.07, 6.45) is 3.99. The number of hydrogen-bond donors (Lipinski definition) is 1. The van der Waals surface area contributed by atoms with Crippen molar-refractivity contribution in [3.8, 4) is 0 Å². The lowest BCUT2D eigenvalue weighted by atomic mass is 9.76. The monoisotopic (exact) mass is 537 g/mol. The maximum Gasteiger partial charge on any atom is 0.237 e. The van der Waals surface area contributed by atoms with E-state index in [2.05, 4.69) is 54.0 Å². The van der Waals surface area contributed by atoms with Crippen LogP contribution in [0, 0.1) is 12.8 Å². The number of rotatable bonds is 6. The van der Waals surface area contributed by atoms with Crippen LogP contribution in [-0.2, 0) is 12.0 Å². The third-order valence-corrected chi connectivity index (χ3v) is 8.73. The summed E-state index contributed by atoms with van der Waals surface area (Å²) in [4.78, 5) is 18.6. The van der Waals surface area contributed by atoms with Gasteiger partial charge in [-0.05, 0) is 48.1 Å². The molecule has 1 aliphatic rings. The van der Waals surface area contributed by atoms with Crippen molar-refractivity contribution >= 4 is 16.8 Å². The third-order valence-electron chi connectivity index (χ3n) is 8.73. The molecule has 1 N–H and O–H groups in total. The molecule has 6 aromatic rings. The first-order chi connectivity index (χ1) is 20.1. The van der Waals surface area contributed by atoms with Gasteiger partial charge in [0.2, 0.25) is 5.91 Å². The summed E-state index contributed by atoms with van der Waals surface area (Å²) in [7, 11) is 0. The van der Waals surface area contributed by atoms with Crippen molar-refractivity contribution in [1.29, 1.82) is 0 Å². The molecule has 0 spiro atoms. The van der Waals surface area contributed by atoms with Crippen molar-refractivity contribution in [3.05, 3.63) is 161 Å². The summed E-state index contributed by atoms with van der Waals surface area (Å²) in [6, 6.07) is 39.1. The molecule has 202 valence electrons. The number of hydrogen-bond acceptors (Lipinski definition) is 3. The van der Waals surface area contributed by atoms with Gasteiger partial charge in [0.15, 0.2) is 0 Å². The first-order valence-corrected chi connectivity index (χ1v) is 14.1. The molecule has 7 rings (SSSR count). The molecule has 2 aromatic heterocycles. The van der Waals surface area contributed by atoms with Crippen molar-refractivity contribution in [1.82, 2.24) is 14.1 Å². The van der Waals surface area contributed by atoms with Crippen LogP contribution < -0.4 is 0 Å². The number of imidazole rings is 1. The predicted molar refractivity (Wildman–Crippen MR) is 161 cm³/mol. The van der Waals surface area contributed by atoms with Crippen LogP contribution in [0.15, 0.2) is 128 Å². The fourth-order valence-corrected chi connectivity index (χ4v) is 6.75. The van der Waals surface area contributed by atoms with Gasteiger partial charge in [-0.1, -0.05) is 109 Å². The second kappa shape index (κ2) is 10.0. The van der Waals surface area contributed by atoms with E-state index in [4.69, 9.17) is 4.98 Å². The number of para-hydroxylation sites is 1. The fourth-order valence-electron chi connectivity index (χ4n) is 6.75. The molecule has 2 atom stereocenters. The van der Waals surface area contributed by atoms with Crippen molar-refractivity contribution < 1.29 is 9.90 Å². The molecular formula is C36H31N3O2. The Balaban J connectivity index is 1.34. The quantitative estimate of drug-likeness (QED) is 0.235. The second-order valence-corrected chi connectivity index (χ2v) is 10.9. The van der Waals surface area contributed by atoms with E-state index in [0.717, 1.165) is 45.3 Å². The van der Waals surface area contributed by atoms with E-state index >= 15 is 0 Å². The molecule has 0 bridgehead atoms. The van der Waals surface area contributed by atoms with E-state index in [1.54, 1.807) is 6.33 Å². The molecular weight excluding hydrogens is 506 g/mol. The number of benzene rings is 4. The van der Waals surface area contributed by atoms with Crippen LogP contribution in [0.2, 0.25) is 0 Å². The molecule has 41 heavy (non-hydrogen) atoms. The first-order valence-electron chi connectivity index (χ1n) is 14.1. The number of aryl methyl sites for hydroxylation is 1. The van der Waals surface area contributed by atoms with Gasteiger partial charge in [0.1, 0.15) is 11.6 Å². The zero-order valence-electron chi connectivity index (χ0n) is 22.9. The molecule has 0 saturated heterocycles. The van der Waals surface area contributed by atoms with Crippen LogP contribution in [-0.4, -0.2) is 25.1 Å². The van der Waals surface area contributed by atoms with E-state index in [1.165, 1.54) is 0 Å². The molecule has 2 unspecified atom stereocenters. The Kier molecular flexibility index (Phi) is 6.17. The largest absolute Gasteiger partial charge is 0.386 e. The van der Waals surface area contributed by atoms with Crippen LogP contribution in [0.5, 0.6) is 0 Å². The highest BCUT2D eigenvalue weighted by molar-refractivity contribution is 5.97. The van der Waals surface area contributed by atoms with Gasteiger partial charge in [0, 0.05) is 17.3 Å². The van der Waals surface area contributed by atoms with Crippen molar-refractivity contribution in [2.45, 2.75) is 31.4 Å². The number of nitrogens with zero attached hydrogens (tertiary/aromatic N) is 3. The number of aliphatic hydroxyl groups is 1. The molecule has 0 radical (unpaired) electrons. The molecule has 0 fully saturated rings. The fraction of sp³-hybridized carbons (Fsp3) is 0.167. The van der Waals surface area contributed by atoms with E-state index in [0.29, 0.717) is 12.1 Å². The average molecular weight is 538 g/mol. The standard InChI is InChI=1S/C36H31N3O2/c1-25-29-19-11-12-20-33(29)39-32(25)22-21-30(35(39)41)34(40)31-23-38(24-37-31)36(26-13-5-2-6-14-26,27-15-7-3-8-16-27)28-17-9-4-10-18-28/h2-20,23-24,30,34,40H,21-22H2,1H3. The minimum Gasteiger partial charge on any atom is -0.386 e. The highest BCUT2D eigenvalue weighted by Gasteiger charge is 2.40. The lowest BCUT2D eigenvalue weighted by Gasteiger charge is -2.37. The molecule has 4 aromatic carbocycles. The minimum absolute atomic E-state index is 0.0713. The highest BCUT2D eigenvalue weighted by Crippen LogP contribution is 2.42. The van der Waals surface area contributed by atoms with Crippen molar-refractivity contribution in [2.24, 2.45) is 5.92 Å². The molecule has 0 aliphatic carbocycles. The summed E-state index contributed by atoms with van der Waals surface area (Å²) >= 11 is 0.